The standard InChI is InChI=1S/C23H23NO3/c1-26-20-12-11-18(21(25)13-20)14-24-15-19-9-5-6-10-22(19)27-23(16-24)17-7-3-2-4-8-17/h2-13,23,25H,14-16H2,1H3/t23-/m1/s1. The summed E-state index contributed by atoms with van der Waals surface area (Å²) >= 11 is 0. The zero-order valence-electron chi connectivity index (χ0n) is 15.3. The van der Waals surface area contributed by atoms with Crippen molar-refractivity contribution >= 4 is 0 Å². The van der Waals surface area contributed by atoms with Gasteiger partial charge in [0, 0.05) is 36.8 Å². The van der Waals surface area contributed by atoms with E-state index < -0.39 is 0 Å². The number of para-hydroxylation sites is 1. The average Bonchev–Trinajstić information content (AvgIpc) is 2.89. The molecule has 0 amide bonds. The largest absolute Gasteiger partial charge is 0.507 e. The van der Waals surface area contributed by atoms with E-state index in [0.29, 0.717) is 12.3 Å². The fourth-order valence-corrected chi connectivity index (χ4v) is 3.49. The highest BCUT2D eigenvalue weighted by Gasteiger charge is 2.24. The molecule has 0 saturated heterocycles. The van der Waals surface area contributed by atoms with Gasteiger partial charge < -0.3 is 14.6 Å². The van der Waals surface area contributed by atoms with Crippen molar-refractivity contribution in [1.29, 1.82) is 0 Å². The normalized spacial score (nSPS) is 16.9. The Balaban J connectivity index is 1.63. The van der Waals surface area contributed by atoms with Gasteiger partial charge in [0.15, 0.2) is 0 Å². The van der Waals surface area contributed by atoms with Crippen LogP contribution in [0.5, 0.6) is 17.2 Å². The van der Waals surface area contributed by atoms with Crippen molar-refractivity contribution in [3.8, 4) is 17.2 Å². The summed E-state index contributed by atoms with van der Waals surface area (Å²) in [6.45, 7) is 2.14. The van der Waals surface area contributed by atoms with E-state index in [1.807, 2.05) is 48.5 Å². The number of hydrogen-bond acceptors (Lipinski definition) is 4. The number of benzene rings is 3. The van der Waals surface area contributed by atoms with Crippen molar-refractivity contribution in [2.45, 2.75) is 19.2 Å². The Morgan fingerprint density at radius 3 is 2.59 bits per heavy atom. The molecule has 0 spiro atoms. The first-order chi connectivity index (χ1) is 13.2. The molecule has 0 radical (unpaired) electrons. The molecule has 27 heavy (non-hydrogen) atoms. The van der Waals surface area contributed by atoms with Crippen LogP contribution < -0.4 is 9.47 Å². The van der Waals surface area contributed by atoms with E-state index in [9.17, 15) is 5.11 Å². The molecule has 0 saturated carbocycles. The van der Waals surface area contributed by atoms with Crippen LogP contribution in [0.15, 0.2) is 72.8 Å². The Morgan fingerprint density at radius 1 is 1.04 bits per heavy atom. The molecule has 0 bridgehead atoms. The van der Waals surface area contributed by atoms with E-state index in [4.69, 9.17) is 9.47 Å². The highest BCUT2D eigenvalue weighted by molar-refractivity contribution is 5.40. The summed E-state index contributed by atoms with van der Waals surface area (Å²) in [5.74, 6) is 1.83. The summed E-state index contributed by atoms with van der Waals surface area (Å²) < 4.78 is 11.5. The molecule has 0 unspecified atom stereocenters. The van der Waals surface area contributed by atoms with Gasteiger partial charge in [0.1, 0.15) is 23.4 Å². The number of ether oxygens (including phenoxy) is 2. The fourth-order valence-electron chi connectivity index (χ4n) is 3.49. The Labute approximate surface area is 159 Å². The molecule has 1 aliphatic rings. The number of aromatic hydroxyl groups is 1. The van der Waals surface area contributed by atoms with E-state index in [1.54, 1.807) is 13.2 Å². The molecule has 138 valence electrons. The van der Waals surface area contributed by atoms with Crippen LogP contribution in [0, 0.1) is 0 Å². The van der Waals surface area contributed by atoms with Gasteiger partial charge in [-0.3, -0.25) is 4.90 Å². The van der Waals surface area contributed by atoms with Crippen molar-refractivity contribution < 1.29 is 14.6 Å². The summed E-state index contributed by atoms with van der Waals surface area (Å²) in [5.41, 5.74) is 3.18. The zero-order chi connectivity index (χ0) is 18.6. The Morgan fingerprint density at radius 2 is 1.81 bits per heavy atom. The van der Waals surface area contributed by atoms with Gasteiger partial charge in [-0.2, -0.15) is 0 Å². The minimum atomic E-state index is -0.0600. The molecule has 1 aliphatic heterocycles. The number of hydrogen-bond donors (Lipinski definition) is 1. The van der Waals surface area contributed by atoms with Gasteiger partial charge >= 0.3 is 0 Å². The van der Waals surface area contributed by atoms with Crippen LogP contribution in [0.3, 0.4) is 0 Å². The predicted molar refractivity (Wildman–Crippen MR) is 105 cm³/mol. The van der Waals surface area contributed by atoms with Gasteiger partial charge in [0.05, 0.1) is 7.11 Å². The van der Waals surface area contributed by atoms with Crippen LogP contribution in [-0.4, -0.2) is 23.7 Å². The molecule has 1 atom stereocenters. The van der Waals surface area contributed by atoms with E-state index >= 15 is 0 Å². The predicted octanol–water partition coefficient (Wildman–Crippen LogP) is 4.54. The molecular weight excluding hydrogens is 338 g/mol. The number of methoxy groups -OCH3 is 1. The maximum absolute atomic E-state index is 10.4. The summed E-state index contributed by atoms with van der Waals surface area (Å²) in [6, 6.07) is 23.9. The molecule has 4 heteroatoms. The maximum Gasteiger partial charge on any atom is 0.136 e. The van der Waals surface area contributed by atoms with Crippen LogP contribution in [-0.2, 0) is 13.1 Å². The molecule has 0 aromatic heterocycles. The third-order valence-corrected chi connectivity index (χ3v) is 4.92. The van der Waals surface area contributed by atoms with Gasteiger partial charge in [-0.05, 0) is 17.7 Å². The van der Waals surface area contributed by atoms with Gasteiger partial charge in [-0.15, -0.1) is 0 Å². The number of phenolic OH excluding ortho intramolecular Hbond substituents is 1. The summed E-state index contributed by atoms with van der Waals surface area (Å²) in [7, 11) is 1.60. The fraction of sp³-hybridized carbons (Fsp3) is 0.217. The first kappa shape index (κ1) is 17.4. The van der Waals surface area contributed by atoms with Gasteiger partial charge in [0.25, 0.3) is 0 Å². The highest BCUT2D eigenvalue weighted by atomic mass is 16.5. The molecule has 4 rings (SSSR count). The van der Waals surface area contributed by atoms with Crippen LogP contribution in [0.2, 0.25) is 0 Å². The molecule has 3 aromatic carbocycles. The minimum Gasteiger partial charge on any atom is -0.507 e. The first-order valence-corrected chi connectivity index (χ1v) is 9.10. The second kappa shape index (κ2) is 7.72. The number of rotatable bonds is 4. The average molecular weight is 361 g/mol. The van der Waals surface area contributed by atoms with E-state index in [1.165, 1.54) is 0 Å². The lowest BCUT2D eigenvalue weighted by Crippen LogP contribution is -2.27. The van der Waals surface area contributed by atoms with Crippen molar-refractivity contribution in [2.24, 2.45) is 0 Å². The smallest absolute Gasteiger partial charge is 0.136 e. The highest BCUT2D eigenvalue weighted by Crippen LogP contribution is 2.33. The lowest BCUT2D eigenvalue weighted by molar-refractivity contribution is 0.143. The number of nitrogens with zero attached hydrogens (tertiary/aromatic N) is 1. The van der Waals surface area contributed by atoms with Crippen molar-refractivity contribution in [1.82, 2.24) is 4.90 Å². The Hall–Kier alpha value is -2.98. The second-order valence-corrected chi connectivity index (χ2v) is 6.79. The monoisotopic (exact) mass is 361 g/mol. The molecule has 0 aliphatic carbocycles. The Bertz CT molecular complexity index is 911. The topological polar surface area (TPSA) is 41.9 Å². The van der Waals surface area contributed by atoms with Crippen LogP contribution in [0.4, 0.5) is 0 Å². The van der Waals surface area contributed by atoms with E-state index in [-0.39, 0.29) is 11.9 Å². The molecule has 1 N–H and O–H groups in total. The second-order valence-electron chi connectivity index (χ2n) is 6.79. The third kappa shape index (κ3) is 3.91. The molecule has 4 nitrogen and oxygen atoms in total. The first-order valence-electron chi connectivity index (χ1n) is 9.10. The van der Waals surface area contributed by atoms with E-state index in [0.717, 1.165) is 35.5 Å². The number of phenols is 1. The quantitative estimate of drug-likeness (QED) is 0.741. The molecule has 1 heterocycles. The summed E-state index contributed by atoms with van der Waals surface area (Å²) in [4.78, 5) is 2.31. The molecule has 0 fully saturated rings. The Kier molecular flexibility index (Phi) is 4.99. The molecular formula is C23H23NO3. The van der Waals surface area contributed by atoms with Gasteiger partial charge in [0.2, 0.25) is 0 Å². The van der Waals surface area contributed by atoms with Crippen LogP contribution >= 0.6 is 0 Å². The van der Waals surface area contributed by atoms with Gasteiger partial charge in [-0.25, -0.2) is 0 Å². The van der Waals surface area contributed by atoms with Crippen molar-refractivity contribution in [3.63, 3.8) is 0 Å². The maximum atomic E-state index is 10.4. The van der Waals surface area contributed by atoms with Crippen molar-refractivity contribution in [2.75, 3.05) is 13.7 Å². The summed E-state index contributed by atoms with van der Waals surface area (Å²) in [5, 5.41) is 10.4. The lowest BCUT2D eigenvalue weighted by Gasteiger charge is -2.24. The third-order valence-electron chi connectivity index (χ3n) is 4.92. The number of fused-ring (bicyclic) bond motifs is 1. The zero-order valence-corrected chi connectivity index (χ0v) is 15.3. The van der Waals surface area contributed by atoms with Crippen LogP contribution in [0.25, 0.3) is 0 Å². The van der Waals surface area contributed by atoms with Crippen molar-refractivity contribution in [3.05, 3.63) is 89.5 Å². The summed E-state index contributed by atoms with van der Waals surface area (Å²) in [6.07, 6.45) is -0.0600. The SMILES string of the molecule is COc1ccc(CN2Cc3ccccc3O[C@@H](c3ccccc3)C2)c(O)c1. The van der Waals surface area contributed by atoms with Gasteiger partial charge in [-0.1, -0.05) is 54.6 Å². The minimum absolute atomic E-state index is 0.0600. The van der Waals surface area contributed by atoms with E-state index in [2.05, 4.69) is 23.1 Å². The molecule has 3 aromatic rings. The van der Waals surface area contributed by atoms with Crippen LogP contribution in [0.1, 0.15) is 22.8 Å². The lowest BCUT2D eigenvalue weighted by atomic mass is 10.1.